The quantitative estimate of drug-likeness (QED) is 0.704. The minimum atomic E-state index is 0.738. The summed E-state index contributed by atoms with van der Waals surface area (Å²) in [6.45, 7) is 4.33. The van der Waals surface area contributed by atoms with Gasteiger partial charge in [-0.2, -0.15) is 0 Å². The molecule has 1 rings (SSSR count). The molecule has 0 aliphatic carbocycles. The first-order valence-corrected chi connectivity index (χ1v) is 6.75. The maximum Gasteiger partial charge on any atom is 0.123 e. The number of benzene rings is 1. The molecule has 1 aromatic carbocycles. The highest BCUT2D eigenvalue weighted by Crippen LogP contribution is 2.23. The molecule has 0 bridgehead atoms. The Hall–Kier alpha value is -0.810. The van der Waals surface area contributed by atoms with E-state index in [0.29, 0.717) is 0 Å². The fraction of sp³-hybridized carbons (Fsp3) is 0.571. The average molecular weight is 287 g/mol. The van der Waals surface area contributed by atoms with Gasteiger partial charge in [-0.25, -0.2) is 0 Å². The van der Waals surface area contributed by atoms with Gasteiger partial charge in [-0.1, -0.05) is 11.6 Å². The predicted octanol–water partition coefficient (Wildman–Crippen LogP) is 2.02. The third-order valence-electron chi connectivity index (χ3n) is 2.84. The van der Waals surface area contributed by atoms with Gasteiger partial charge in [-0.05, 0) is 25.2 Å². The smallest absolute Gasteiger partial charge is 0.123 e. The Balaban J connectivity index is 2.39. The van der Waals surface area contributed by atoms with E-state index in [9.17, 15) is 0 Å². The van der Waals surface area contributed by atoms with Crippen LogP contribution in [0.2, 0.25) is 5.02 Å². The Morgan fingerprint density at radius 3 is 2.74 bits per heavy atom. The number of nitrogens with zero attached hydrogens (tertiary/aromatic N) is 1. The molecule has 0 aliphatic heterocycles. The summed E-state index contributed by atoms with van der Waals surface area (Å²) >= 11 is 6.02. The Labute approximate surface area is 120 Å². The highest BCUT2D eigenvalue weighted by atomic mass is 35.5. The normalized spacial score (nSPS) is 11.0. The van der Waals surface area contributed by atoms with E-state index in [0.717, 1.165) is 49.1 Å². The van der Waals surface area contributed by atoms with E-state index < -0.39 is 0 Å². The summed E-state index contributed by atoms with van der Waals surface area (Å²) in [4.78, 5) is 2.23. The largest absolute Gasteiger partial charge is 0.496 e. The zero-order chi connectivity index (χ0) is 14.1. The number of ether oxygens (including phenoxy) is 2. The first kappa shape index (κ1) is 16.2. The summed E-state index contributed by atoms with van der Waals surface area (Å²) in [5.41, 5.74) is 1.11. The van der Waals surface area contributed by atoms with Gasteiger partial charge in [0.05, 0.1) is 13.7 Å². The molecule has 0 unspecified atom stereocenters. The lowest BCUT2D eigenvalue weighted by atomic mass is 10.2. The van der Waals surface area contributed by atoms with Crippen LogP contribution in [0.1, 0.15) is 5.56 Å². The van der Waals surface area contributed by atoms with Crippen LogP contribution in [0.4, 0.5) is 0 Å². The topological polar surface area (TPSA) is 33.7 Å². The molecule has 0 atom stereocenters. The molecule has 1 aromatic rings. The lowest BCUT2D eigenvalue weighted by Crippen LogP contribution is -2.30. The number of hydrogen-bond donors (Lipinski definition) is 1. The van der Waals surface area contributed by atoms with Gasteiger partial charge in [-0.15, -0.1) is 0 Å². The average Bonchev–Trinajstić information content (AvgIpc) is 2.39. The van der Waals surface area contributed by atoms with Gasteiger partial charge in [0, 0.05) is 43.9 Å². The summed E-state index contributed by atoms with van der Waals surface area (Å²) < 4.78 is 10.3. The lowest BCUT2D eigenvalue weighted by molar-refractivity contribution is 0.197. The van der Waals surface area contributed by atoms with Crippen LogP contribution in [0.3, 0.4) is 0 Å². The number of nitrogens with one attached hydrogen (secondary N) is 1. The van der Waals surface area contributed by atoms with Crippen LogP contribution in [0.25, 0.3) is 0 Å². The third-order valence-corrected chi connectivity index (χ3v) is 3.07. The van der Waals surface area contributed by atoms with Gasteiger partial charge in [0.15, 0.2) is 0 Å². The minimum Gasteiger partial charge on any atom is -0.496 e. The van der Waals surface area contributed by atoms with Gasteiger partial charge < -0.3 is 19.7 Å². The van der Waals surface area contributed by atoms with E-state index in [-0.39, 0.29) is 0 Å². The molecule has 0 spiro atoms. The molecule has 0 amide bonds. The molecule has 108 valence electrons. The summed E-state index contributed by atoms with van der Waals surface area (Å²) in [7, 11) is 5.47. The zero-order valence-corrected chi connectivity index (χ0v) is 12.7. The molecule has 0 saturated carbocycles. The van der Waals surface area contributed by atoms with Gasteiger partial charge in [0.1, 0.15) is 5.75 Å². The van der Waals surface area contributed by atoms with Crippen molar-refractivity contribution in [2.24, 2.45) is 0 Å². The van der Waals surface area contributed by atoms with E-state index in [1.54, 1.807) is 14.2 Å². The summed E-state index contributed by atoms with van der Waals surface area (Å²) in [5, 5.41) is 4.06. The van der Waals surface area contributed by atoms with E-state index >= 15 is 0 Å². The van der Waals surface area contributed by atoms with Crippen LogP contribution in [0.5, 0.6) is 5.75 Å². The molecule has 1 N–H and O–H groups in total. The molecule has 0 aliphatic rings. The molecule has 0 heterocycles. The van der Waals surface area contributed by atoms with Crippen molar-refractivity contribution in [1.82, 2.24) is 10.2 Å². The Morgan fingerprint density at radius 2 is 2.05 bits per heavy atom. The predicted molar refractivity (Wildman–Crippen MR) is 79.1 cm³/mol. The Bertz CT molecular complexity index is 374. The van der Waals surface area contributed by atoms with Crippen LogP contribution < -0.4 is 10.1 Å². The van der Waals surface area contributed by atoms with Gasteiger partial charge in [0.2, 0.25) is 0 Å². The summed E-state index contributed by atoms with van der Waals surface area (Å²) in [5.74, 6) is 0.878. The number of halogens is 1. The van der Waals surface area contributed by atoms with Gasteiger partial charge in [-0.3, -0.25) is 0 Å². The molecule has 0 aromatic heterocycles. The van der Waals surface area contributed by atoms with Crippen LogP contribution >= 0.6 is 11.6 Å². The second kappa shape index (κ2) is 9.15. The van der Waals surface area contributed by atoms with Crippen molar-refractivity contribution < 1.29 is 9.47 Å². The highest BCUT2D eigenvalue weighted by Gasteiger charge is 2.07. The molecule has 19 heavy (non-hydrogen) atoms. The molecule has 4 nitrogen and oxygen atoms in total. The molecule has 5 heteroatoms. The molecular weight excluding hydrogens is 264 g/mol. The van der Waals surface area contributed by atoms with Gasteiger partial charge in [0.25, 0.3) is 0 Å². The fourth-order valence-corrected chi connectivity index (χ4v) is 2.00. The molecule has 0 saturated heterocycles. The first-order valence-electron chi connectivity index (χ1n) is 6.38. The minimum absolute atomic E-state index is 0.738. The van der Waals surface area contributed by atoms with Crippen LogP contribution in [0.15, 0.2) is 18.2 Å². The van der Waals surface area contributed by atoms with Crippen molar-refractivity contribution in [2.45, 2.75) is 6.54 Å². The van der Waals surface area contributed by atoms with Crippen molar-refractivity contribution >= 4 is 11.6 Å². The van der Waals surface area contributed by atoms with Gasteiger partial charge >= 0.3 is 0 Å². The second-order valence-electron chi connectivity index (χ2n) is 4.44. The number of rotatable bonds is 9. The maximum atomic E-state index is 6.02. The number of likely N-dealkylation sites (N-methyl/N-ethyl adjacent to an activating group) is 1. The zero-order valence-electron chi connectivity index (χ0n) is 11.9. The standard InChI is InChI=1S/C14H23ClN2O2/c1-17(8-6-16-7-9-18-2)11-12-10-13(15)4-5-14(12)19-3/h4-5,10,16H,6-9,11H2,1-3H3. The monoisotopic (exact) mass is 286 g/mol. The number of hydrogen-bond acceptors (Lipinski definition) is 4. The van der Waals surface area contributed by atoms with Crippen molar-refractivity contribution in [3.8, 4) is 5.75 Å². The van der Waals surface area contributed by atoms with Crippen LogP contribution in [0, 0.1) is 0 Å². The third kappa shape index (κ3) is 6.25. The second-order valence-corrected chi connectivity index (χ2v) is 4.87. The Morgan fingerprint density at radius 1 is 1.26 bits per heavy atom. The van der Waals surface area contributed by atoms with E-state index in [1.165, 1.54) is 0 Å². The lowest BCUT2D eigenvalue weighted by Gasteiger charge is -2.18. The number of methoxy groups -OCH3 is 2. The van der Waals surface area contributed by atoms with E-state index in [4.69, 9.17) is 21.1 Å². The molecule has 0 fully saturated rings. The van der Waals surface area contributed by atoms with Crippen molar-refractivity contribution in [2.75, 3.05) is 47.5 Å². The molecular formula is C14H23ClN2O2. The van der Waals surface area contributed by atoms with E-state index in [1.807, 2.05) is 18.2 Å². The SMILES string of the molecule is COCCNCCN(C)Cc1cc(Cl)ccc1OC. The van der Waals surface area contributed by atoms with Crippen LogP contribution in [-0.2, 0) is 11.3 Å². The van der Waals surface area contributed by atoms with Crippen molar-refractivity contribution in [3.63, 3.8) is 0 Å². The van der Waals surface area contributed by atoms with Crippen molar-refractivity contribution in [3.05, 3.63) is 28.8 Å². The van der Waals surface area contributed by atoms with Crippen LogP contribution in [-0.4, -0.2) is 52.4 Å². The highest BCUT2D eigenvalue weighted by molar-refractivity contribution is 6.30. The summed E-state index contributed by atoms with van der Waals surface area (Å²) in [6, 6.07) is 5.70. The first-order chi connectivity index (χ1) is 9.17. The molecule has 0 radical (unpaired) electrons. The summed E-state index contributed by atoms with van der Waals surface area (Å²) in [6.07, 6.45) is 0. The Kier molecular flexibility index (Phi) is 7.82. The van der Waals surface area contributed by atoms with Crippen molar-refractivity contribution in [1.29, 1.82) is 0 Å². The maximum absolute atomic E-state index is 6.02. The van der Waals surface area contributed by atoms with E-state index in [2.05, 4.69) is 17.3 Å². The fourth-order valence-electron chi connectivity index (χ4n) is 1.81.